The van der Waals surface area contributed by atoms with E-state index in [1.165, 1.54) is 7.11 Å². The van der Waals surface area contributed by atoms with E-state index in [4.69, 9.17) is 21.1 Å². The van der Waals surface area contributed by atoms with E-state index in [1.54, 1.807) is 6.07 Å². The van der Waals surface area contributed by atoms with E-state index in [1.807, 2.05) is 6.07 Å². The molecule has 0 spiro atoms. The van der Waals surface area contributed by atoms with Gasteiger partial charge in [0.1, 0.15) is 11.9 Å². The summed E-state index contributed by atoms with van der Waals surface area (Å²) < 4.78 is 10.7. The molecule has 0 bridgehead atoms. The maximum atomic E-state index is 11.9. The molecule has 2 atom stereocenters. The Balaban J connectivity index is 2.15. The maximum Gasteiger partial charge on any atom is 0.339 e. The number of allylic oxidation sites excluding steroid dienone is 1. The summed E-state index contributed by atoms with van der Waals surface area (Å²) in [6.07, 6.45) is 6.17. The minimum atomic E-state index is -0.393. The van der Waals surface area contributed by atoms with Gasteiger partial charge in [0.25, 0.3) is 0 Å². The monoisotopic (exact) mass is 264 g/mol. The molecule has 2 unspecified atom stereocenters. The highest BCUT2D eigenvalue weighted by atomic mass is 35.5. The number of carbonyl (C=O) groups excluding carboxylic acids is 1. The highest BCUT2D eigenvalue weighted by Crippen LogP contribution is 2.46. The highest BCUT2D eigenvalue weighted by Gasteiger charge is 2.38. The second-order valence-electron chi connectivity index (χ2n) is 4.52. The molecule has 0 aromatic heterocycles. The summed E-state index contributed by atoms with van der Waals surface area (Å²) in [7, 11) is 1.37. The molecular formula is C14H13ClO3. The van der Waals surface area contributed by atoms with Gasteiger partial charge in [-0.05, 0) is 31.1 Å². The fourth-order valence-corrected chi connectivity index (χ4v) is 2.98. The van der Waals surface area contributed by atoms with Crippen molar-refractivity contribution in [3.63, 3.8) is 0 Å². The second-order valence-corrected chi connectivity index (χ2v) is 4.93. The van der Waals surface area contributed by atoms with Gasteiger partial charge in [-0.25, -0.2) is 4.79 Å². The van der Waals surface area contributed by atoms with Crippen molar-refractivity contribution in [2.75, 3.05) is 7.11 Å². The van der Waals surface area contributed by atoms with Crippen LogP contribution in [0.5, 0.6) is 5.75 Å². The largest absolute Gasteiger partial charge is 0.485 e. The molecule has 0 saturated heterocycles. The molecule has 3 nitrogen and oxygen atoms in total. The Morgan fingerprint density at radius 1 is 1.50 bits per heavy atom. The average Bonchev–Trinajstić information content (AvgIpc) is 2.76. The predicted octanol–water partition coefficient (Wildman–Crippen LogP) is 3.32. The fourth-order valence-electron chi connectivity index (χ4n) is 2.74. The maximum absolute atomic E-state index is 11.9. The second kappa shape index (κ2) is 4.32. The van der Waals surface area contributed by atoms with Crippen LogP contribution in [0, 0.1) is 0 Å². The van der Waals surface area contributed by atoms with Crippen molar-refractivity contribution in [2.45, 2.75) is 24.9 Å². The molecule has 2 aliphatic rings. The van der Waals surface area contributed by atoms with Crippen LogP contribution in [0.15, 0.2) is 24.3 Å². The number of halogens is 1. The molecule has 1 aliphatic carbocycles. The van der Waals surface area contributed by atoms with E-state index in [9.17, 15) is 4.79 Å². The molecule has 0 radical (unpaired) electrons. The van der Waals surface area contributed by atoms with E-state index >= 15 is 0 Å². The molecule has 0 N–H and O–H groups in total. The summed E-state index contributed by atoms with van der Waals surface area (Å²) in [5.41, 5.74) is 1.36. The quantitative estimate of drug-likeness (QED) is 0.577. The van der Waals surface area contributed by atoms with Gasteiger partial charge in [-0.15, -0.1) is 0 Å². The minimum absolute atomic E-state index is 0.0237. The Morgan fingerprint density at radius 3 is 3.11 bits per heavy atom. The third-order valence-electron chi connectivity index (χ3n) is 3.54. The van der Waals surface area contributed by atoms with Crippen LogP contribution in [-0.2, 0) is 4.74 Å². The normalized spacial score (nSPS) is 24.1. The number of esters is 1. The smallest absolute Gasteiger partial charge is 0.339 e. The third-order valence-corrected chi connectivity index (χ3v) is 3.86. The highest BCUT2D eigenvalue weighted by molar-refractivity contribution is 6.34. The lowest BCUT2D eigenvalue weighted by Gasteiger charge is -2.19. The van der Waals surface area contributed by atoms with Crippen LogP contribution < -0.4 is 4.74 Å². The van der Waals surface area contributed by atoms with E-state index in [-0.39, 0.29) is 12.0 Å². The summed E-state index contributed by atoms with van der Waals surface area (Å²) in [5.74, 6) is 0.565. The molecule has 94 valence electrons. The minimum Gasteiger partial charge on any atom is -0.485 e. The van der Waals surface area contributed by atoms with Crippen molar-refractivity contribution in [1.82, 2.24) is 0 Å². The lowest BCUT2D eigenvalue weighted by atomic mass is 9.85. The molecule has 1 aromatic carbocycles. The lowest BCUT2D eigenvalue weighted by Crippen LogP contribution is -2.19. The van der Waals surface area contributed by atoms with Gasteiger partial charge in [0.05, 0.1) is 17.7 Å². The molecule has 1 aliphatic heterocycles. The molecule has 18 heavy (non-hydrogen) atoms. The lowest BCUT2D eigenvalue weighted by molar-refractivity contribution is 0.0599. The molecule has 3 rings (SSSR count). The van der Waals surface area contributed by atoms with Crippen LogP contribution in [-0.4, -0.2) is 19.2 Å². The Kier molecular flexibility index (Phi) is 2.78. The van der Waals surface area contributed by atoms with Crippen molar-refractivity contribution in [3.8, 4) is 5.75 Å². The number of ether oxygens (including phenoxy) is 2. The number of fused-ring (bicyclic) bond motifs is 3. The van der Waals surface area contributed by atoms with Gasteiger partial charge in [-0.1, -0.05) is 17.7 Å². The Hall–Kier alpha value is -1.48. The van der Waals surface area contributed by atoms with Gasteiger partial charge >= 0.3 is 5.97 Å². The summed E-state index contributed by atoms with van der Waals surface area (Å²) in [6, 6.07) is 3.52. The van der Waals surface area contributed by atoms with Crippen molar-refractivity contribution < 1.29 is 14.3 Å². The van der Waals surface area contributed by atoms with Gasteiger partial charge in [-0.3, -0.25) is 0 Å². The molecule has 0 amide bonds. The van der Waals surface area contributed by atoms with Gasteiger partial charge in [0.2, 0.25) is 0 Å². The Bertz CT molecular complexity index is 536. The van der Waals surface area contributed by atoms with E-state index in [2.05, 4.69) is 12.2 Å². The van der Waals surface area contributed by atoms with Gasteiger partial charge in [0.15, 0.2) is 0 Å². The Labute approximate surface area is 110 Å². The van der Waals surface area contributed by atoms with E-state index in [0.717, 1.165) is 24.2 Å². The van der Waals surface area contributed by atoms with Crippen LogP contribution in [0.1, 0.15) is 34.7 Å². The summed E-state index contributed by atoms with van der Waals surface area (Å²) in [5, 5.41) is 0.430. The molecule has 4 heteroatoms. The third kappa shape index (κ3) is 1.62. The van der Waals surface area contributed by atoms with Gasteiger partial charge in [0, 0.05) is 11.5 Å². The first-order chi connectivity index (χ1) is 8.72. The summed E-state index contributed by atoms with van der Waals surface area (Å²) in [6.45, 7) is 0. The van der Waals surface area contributed by atoms with Crippen molar-refractivity contribution >= 4 is 17.6 Å². The van der Waals surface area contributed by atoms with Crippen LogP contribution >= 0.6 is 11.6 Å². The number of rotatable bonds is 1. The fraction of sp³-hybridized carbons (Fsp3) is 0.357. The van der Waals surface area contributed by atoms with Crippen LogP contribution in [0.3, 0.4) is 0 Å². The SMILES string of the molecule is COC(=O)c1c(Cl)ccc2c1C1CCC=CC1O2. The Morgan fingerprint density at radius 2 is 2.33 bits per heavy atom. The summed E-state index contributed by atoms with van der Waals surface area (Å²) in [4.78, 5) is 11.9. The van der Waals surface area contributed by atoms with Gasteiger partial charge < -0.3 is 9.47 Å². The van der Waals surface area contributed by atoms with Crippen molar-refractivity contribution in [3.05, 3.63) is 40.4 Å². The first kappa shape index (κ1) is 11.6. The van der Waals surface area contributed by atoms with Crippen LogP contribution in [0.2, 0.25) is 5.02 Å². The zero-order chi connectivity index (χ0) is 12.7. The number of hydrogen-bond donors (Lipinski definition) is 0. The molecule has 0 fully saturated rings. The average molecular weight is 265 g/mol. The number of carbonyl (C=O) groups is 1. The molecule has 0 saturated carbocycles. The van der Waals surface area contributed by atoms with Crippen LogP contribution in [0.25, 0.3) is 0 Å². The van der Waals surface area contributed by atoms with E-state index in [0.29, 0.717) is 10.6 Å². The molecule has 1 heterocycles. The van der Waals surface area contributed by atoms with Crippen LogP contribution in [0.4, 0.5) is 0 Å². The van der Waals surface area contributed by atoms with E-state index < -0.39 is 5.97 Å². The van der Waals surface area contributed by atoms with Crippen molar-refractivity contribution in [2.24, 2.45) is 0 Å². The standard InChI is InChI=1S/C14H13ClO3/c1-17-14(16)13-9(15)6-7-11-12(13)8-4-2-3-5-10(8)18-11/h3,5-8,10H,2,4H2,1H3. The zero-order valence-corrected chi connectivity index (χ0v) is 10.7. The van der Waals surface area contributed by atoms with Crippen molar-refractivity contribution in [1.29, 1.82) is 0 Å². The zero-order valence-electron chi connectivity index (χ0n) is 9.98. The first-order valence-corrected chi connectivity index (χ1v) is 6.34. The topological polar surface area (TPSA) is 35.5 Å². The summed E-state index contributed by atoms with van der Waals surface area (Å²) >= 11 is 6.14. The number of hydrogen-bond acceptors (Lipinski definition) is 3. The number of benzene rings is 1. The molecular weight excluding hydrogens is 252 g/mol. The first-order valence-electron chi connectivity index (χ1n) is 5.96. The van der Waals surface area contributed by atoms with Gasteiger partial charge in [-0.2, -0.15) is 0 Å². The predicted molar refractivity (Wildman–Crippen MR) is 68.3 cm³/mol. The molecule has 1 aromatic rings. The number of methoxy groups -OCH3 is 1.